The average Bonchev–Trinajstić information content (AvgIpc) is 3.55. The van der Waals surface area contributed by atoms with Crippen LogP contribution >= 0.6 is 0 Å². The molecule has 1 saturated heterocycles. The molecule has 0 saturated carbocycles. The molecule has 0 N–H and O–H groups in total. The van der Waals surface area contributed by atoms with Crippen LogP contribution in [0.25, 0.3) is 16.7 Å². The third-order valence-electron chi connectivity index (χ3n) is 7.31. The molecule has 5 aromatic rings. The molecule has 9 nitrogen and oxygen atoms in total. The summed E-state index contributed by atoms with van der Waals surface area (Å²) in [5.74, 6) is -1.54. The number of fused-ring (bicyclic) bond motifs is 2. The number of nitrogens with zero attached hydrogens (tertiary/aromatic N) is 6. The van der Waals surface area contributed by atoms with E-state index in [0.29, 0.717) is 22.9 Å². The van der Waals surface area contributed by atoms with Crippen LogP contribution in [0.2, 0.25) is 0 Å². The first-order valence-corrected chi connectivity index (χ1v) is 12.7. The van der Waals surface area contributed by atoms with Crippen LogP contribution < -0.4 is 0 Å². The normalized spacial score (nSPS) is 19.5. The molecule has 1 aliphatic heterocycles. The summed E-state index contributed by atoms with van der Waals surface area (Å²) in [5.41, 5.74) is 0.925. The lowest BCUT2D eigenvalue weighted by molar-refractivity contribution is -0.163. The van der Waals surface area contributed by atoms with Crippen LogP contribution in [-0.2, 0) is 23.2 Å². The number of aryl methyl sites for hydroxylation is 2. The fraction of sp³-hybridized carbons (Fsp3) is 0.276. The van der Waals surface area contributed by atoms with E-state index in [1.54, 1.807) is 35.9 Å². The zero-order chi connectivity index (χ0) is 27.1. The van der Waals surface area contributed by atoms with Gasteiger partial charge in [-0.15, -0.1) is 0 Å². The van der Waals surface area contributed by atoms with Gasteiger partial charge in [0.2, 0.25) is 5.67 Å². The number of amides is 1. The number of likely N-dealkylation sites (tertiary alicyclic amines) is 1. The van der Waals surface area contributed by atoms with E-state index in [2.05, 4.69) is 15.1 Å². The van der Waals surface area contributed by atoms with Crippen molar-refractivity contribution < 1.29 is 18.7 Å². The number of para-hydroxylation sites is 1. The third kappa shape index (κ3) is 4.52. The molecule has 0 bridgehead atoms. The largest absolute Gasteiger partial charge is 0.458 e. The summed E-state index contributed by atoms with van der Waals surface area (Å²) in [5, 5.41) is 5.17. The van der Waals surface area contributed by atoms with Crippen molar-refractivity contribution in [3.05, 3.63) is 95.7 Å². The molecular formula is C29H27FN6O3. The van der Waals surface area contributed by atoms with Crippen molar-refractivity contribution in [1.29, 1.82) is 0 Å². The van der Waals surface area contributed by atoms with Crippen molar-refractivity contribution in [3.63, 3.8) is 0 Å². The quantitative estimate of drug-likeness (QED) is 0.321. The number of ether oxygens (including phenoxy) is 1. The lowest BCUT2D eigenvalue weighted by Crippen LogP contribution is -2.55. The summed E-state index contributed by atoms with van der Waals surface area (Å²) >= 11 is 0. The third-order valence-corrected chi connectivity index (χ3v) is 7.31. The second-order valence-corrected chi connectivity index (χ2v) is 10.1. The standard InChI is InChI=1S/C29H27FN6O3/c1-19-12-24(36-28(33-19)31-18-32-36)22-14-29(30,27(38)39-16-20-8-4-3-5-9-20)17-35(15-22)26(37)25-13-21-10-6-7-11-23(21)34(25)2/h3-13,18,22H,14-17H2,1-2H3. The van der Waals surface area contributed by atoms with E-state index < -0.39 is 24.1 Å². The molecule has 0 aliphatic carbocycles. The number of carbonyl (C=O) groups is 2. The highest BCUT2D eigenvalue weighted by atomic mass is 19.1. The number of carbonyl (C=O) groups excluding carboxylic acids is 2. The van der Waals surface area contributed by atoms with Crippen LogP contribution in [0.3, 0.4) is 0 Å². The molecule has 0 radical (unpaired) electrons. The molecule has 39 heavy (non-hydrogen) atoms. The number of rotatable bonds is 5. The Hall–Kier alpha value is -4.60. The van der Waals surface area contributed by atoms with Crippen LogP contribution in [0.4, 0.5) is 4.39 Å². The first kappa shape index (κ1) is 24.7. The summed E-state index contributed by atoms with van der Waals surface area (Å²) in [6.07, 6.45) is 1.21. The van der Waals surface area contributed by atoms with Crippen molar-refractivity contribution in [2.75, 3.05) is 13.1 Å². The van der Waals surface area contributed by atoms with Crippen LogP contribution in [0.15, 0.2) is 73.1 Å². The molecule has 2 atom stereocenters. The SMILES string of the molecule is Cc1cc(C2CN(C(=O)c3cc4ccccc4n3C)CC(F)(C(=O)OCc3ccccc3)C2)n2ncnc2n1. The smallest absolute Gasteiger partial charge is 0.346 e. The fourth-order valence-electron chi connectivity index (χ4n) is 5.41. The van der Waals surface area contributed by atoms with E-state index in [4.69, 9.17) is 4.74 Å². The van der Waals surface area contributed by atoms with Gasteiger partial charge in [0, 0.05) is 42.5 Å². The molecule has 10 heteroatoms. The van der Waals surface area contributed by atoms with Gasteiger partial charge >= 0.3 is 5.97 Å². The Morgan fingerprint density at radius 2 is 1.87 bits per heavy atom. The van der Waals surface area contributed by atoms with Gasteiger partial charge in [0.15, 0.2) is 0 Å². The maximum Gasteiger partial charge on any atom is 0.346 e. The Bertz CT molecular complexity index is 1700. The minimum atomic E-state index is -2.43. The van der Waals surface area contributed by atoms with Crippen molar-refractivity contribution in [3.8, 4) is 0 Å². The number of esters is 1. The maximum absolute atomic E-state index is 16.7. The molecule has 4 heterocycles. The van der Waals surface area contributed by atoms with Gasteiger partial charge < -0.3 is 14.2 Å². The van der Waals surface area contributed by atoms with Gasteiger partial charge in [-0.05, 0) is 30.7 Å². The van der Waals surface area contributed by atoms with Gasteiger partial charge in [-0.1, -0.05) is 48.5 Å². The molecule has 2 aromatic carbocycles. The van der Waals surface area contributed by atoms with Gasteiger partial charge in [0.05, 0.1) is 12.2 Å². The second kappa shape index (κ2) is 9.61. The van der Waals surface area contributed by atoms with E-state index in [0.717, 1.165) is 16.5 Å². The molecule has 1 amide bonds. The summed E-state index contributed by atoms with van der Waals surface area (Å²) in [7, 11) is 1.80. The van der Waals surface area contributed by atoms with Crippen molar-refractivity contribution in [1.82, 2.24) is 29.0 Å². The predicted octanol–water partition coefficient (Wildman–Crippen LogP) is 4.01. The number of piperidine rings is 1. The summed E-state index contributed by atoms with van der Waals surface area (Å²) in [4.78, 5) is 37.1. The Labute approximate surface area is 223 Å². The Kier molecular flexibility index (Phi) is 6.09. The monoisotopic (exact) mass is 526 g/mol. The second-order valence-electron chi connectivity index (χ2n) is 10.1. The average molecular weight is 527 g/mol. The van der Waals surface area contributed by atoms with E-state index in [1.165, 1.54) is 15.7 Å². The van der Waals surface area contributed by atoms with Crippen LogP contribution in [0.5, 0.6) is 0 Å². The highest BCUT2D eigenvalue weighted by Gasteiger charge is 2.50. The van der Waals surface area contributed by atoms with Gasteiger partial charge in [-0.25, -0.2) is 18.7 Å². The van der Waals surface area contributed by atoms with Crippen LogP contribution in [0, 0.1) is 6.92 Å². The number of aromatic nitrogens is 5. The van der Waals surface area contributed by atoms with Crippen molar-refractivity contribution in [2.24, 2.45) is 7.05 Å². The lowest BCUT2D eigenvalue weighted by Gasteiger charge is -2.40. The molecule has 2 unspecified atom stereocenters. The van der Waals surface area contributed by atoms with Crippen molar-refractivity contribution in [2.45, 2.75) is 31.5 Å². The first-order valence-electron chi connectivity index (χ1n) is 12.7. The maximum atomic E-state index is 16.7. The first-order chi connectivity index (χ1) is 18.8. The van der Waals surface area contributed by atoms with E-state index in [1.807, 2.05) is 49.4 Å². The number of hydrogen-bond acceptors (Lipinski definition) is 6. The number of benzene rings is 2. The van der Waals surface area contributed by atoms with Crippen LogP contribution in [0.1, 0.15) is 39.8 Å². The highest BCUT2D eigenvalue weighted by molar-refractivity contribution is 5.99. The molecule has 198 valence electrons. The predicted molar refractivity (Wildman–Crippen MR) is 142 cm³/mol. The van der Waals surface area contributed by atoms with Gasteiger partial charge in [0.1, 0.15) is 18.6 Å². The zero-order valence-electron chi connectivity index (χ0n) is 21.6. The molecule has 0 spiro atoms. The van der Waals surface area contributed by atoms with E-state index >= 15 is 4.39 Å². The van der Waals surface area contributed by atoms with E-state index in [-0.39, 0.29) is 25.5 Å². The summed E-state index contributed by atoms with van der Waals surface area (Å²) in [6, 6.07) is 20.3. The number of halogens is 1. The molecule has 6 rings (SSSR count). The molecule has 1 aliphatic rings. The highest BCUT2D eigenvalue weighted by Crippen LogP contribution is 2.37. The van der Waals surface area contributed by atoms with Crippen LogP contribution in [-0.4, -0.2) is 59.7 Å². The Morgan fingerprint density at radius 1 is 1.10 bits per heavy atom. The minimum Gasteiger partial charge on any atom is -0.458 e. The van der Waals surface area contributed by atoms with Gasteiger partial charge in [-0.2, -0.15) is 10.1 Å². The fourth-order valence-corrected chi connectivity index (χ4v) is 5.41. The molecule has 1 fully saturated rings. The molecular weight excluding hydrogens is 499 g/mol. The number of alkyl halides is 1. The van der Waals surface area contributed by atoms with Gasteiger partial charge in [-0.3, -0.25) is 4.79 Å². The summed E-state index contributed by atoms with van der Waals surface area (Å²) in [6.45, 7) is 1.53. The number of hydrogen-bond donors (Lipinski definition) is 0. The Balaban J connectivity index is 1.37. The zero-order valence-corrected chi connectivity index (χ0v) is 21.6. The summed E-state index contributed by atoms with van der Waals surface area (Å²) < 4.78 is 25.5. The van der Waals surface area contributed by atoms with Gasteiger partial charge in [0.25, 0.3) is 11.7 Å². The molecule has 3 aromatic heterocycles. The minimum absolute atomic E-state index is 0.0607. The van der Waals surface area contributed by atoms with Crippen molar-refractivity contribution >= 4 is 28.6 Å². The Morgan fingerprint density at radius 3 is 2.67 bits per heavy atom. The topological polar surface area (TPSA) is 94.6 Å². The lowest BCUT2D eigenvalue weighted by atomic mass is 9.84. The van der Waals surface area contributed by atoms with E-state index in [9.17, 15) is 9.59 Å².